The van der Waals surface area contributed by atoms with Gasteiger partial charge in [-0.2, -0.15) is 0 Å². The molecule has 8 nitrogen and oxygen atoms in total. The number of methoxy groups -OCH3 is 2. The Morgan fingerprint density at radius 2 is 1.78 bits per heavy atom. The molecule has 1 aromatic heterocycles. The molecular formula is C28H32N2O6. The molecule has 0 radical (unpaired) electrons. The van der Waals surface area contributed by atoms with E-state index in [1.807, 2.05) is 19.1 Å². The Morgan fingerprint density at radius 3 is 2.53 bits per heavy atom. The zero-order valence-electron chi connectivity index (χ0n) is 21.3. The smallest absolute Gasteiger partial charge is 0.262 e. The molecule has 190 valence electrons. The average molecular weight is 493 g/mol. The van der Waals surface area contributed by atoms with E-state index in [2.05, 4.69) is 24.5 Å². The number of rotatable bonds is 8. The molecule has 8 heteroatoms. The summed E-state index contributed by atoms with van der Waals surface area (Å²) in [6.45, 7) is 6.03. The van der Waals surface area contributed by atoms with Gasteiger partial charge in [0, 0.05) is 17.5 Å². The third-order valence-electron chi connectivity index (χ3n) is 6.21. The highest BCUT2D eigenvalue weighted by molar-refractivity contribution is 5.95. The molecular weight excluding hydrogens is 460 g/mol. The average Bonchev–Trinajstić information content (AvgIpc) is 3.21. The highest BCUT2D eigenvalue weighted by Gasteiger charge is 2.35. The summed E-state index contributed by atoms with van der Waals surface area (Å²) in [5.41, 5.74) is 2.03. The zero-order chi connectivity index (χ0) is 25.9. The van der Waals surface area contributed by atoms with Crippen LogP contribution in [0.5, 0.6) is 17.2 Å². The van der Waals surface area contributed by atoms with Gasteiger partial charge >= 0.3 is 0 Å². The fourth-order valence-electron chi connectivity index (χ4n) is 4.56. The van der Waals surface area contributed by atoms with E-state index in [0.29, 0.717) is 28.5 Å². The fraction of sp³-hybridized carbons (Fsp3) is 0.357. The van der Waals surface area contributed by atoms with Gasteiger partial charge < -0.3 is 29.3 Å². The number of hydrogen-bond donors (Lipinski definition) is 2. The second-order valence-electron chi connectivity index (χ2n) is 9.71. The van der Waals surface area contributed by atoms with Crippen LogP contribution in [0.15, 0.2) is 52.9 Å². The van der Waals surface area contributed by atoms with Gasteiger partial charge in [0.2, 0.25) is 0 Å². The van der Waals surface area contributed by atoms with Gasteiger partial charge in [-0.25, -0.2) is 0 Å². The first-order valence-corrected chi connectivity index (χ1v) is 11.8. The molecule has 1 aliphatic rings. The van der Waals surface area contributed by atoms with Crippen molar-refractivity contribution < 1.29 is 28.2 Å². The number of amides is 2. The summed E-state index contributed by atoms with van der Waals surface area (Å²) in [6, 6.07) is 13.9. The summed E-state index contributed by atoms with van der Waals surface area (Å²) in [5, 5.41) is 5.91. The Morgan fingerprint density at radius 1 is 1.03 bits per heavy atom. The van der Waals surface area contributed by atoms with E-state index >= 15 is 0 Å². The first-order chi connectivity index (χ1) is 17.2. The number of furan rings is 1. The van der Waals surface area contributed by atoms with Crippen LogP contribution in [0.3, 0.4) is 0 Å². The van der Waals surface area contributed by atoms with Crippen LogP contribution < -0.4 is 24.8 Å². The van der Waals surface area contributed by atoms with Crippen molar-refractivity contribution in [3.8, 4) is 17.2 Å². The maximum absolute atomic E-state index is 13.1. The lowest BCUT2D eigenvalue weighted by molar-refractivity contribution is -0.118. The Bertz CT molecular complexity index is 1260. The topological polar surface area (TPSA) is 99.0 Å². The lowest BCUT2D eigenvalue weighted by Crippen LogP contribution is -2.36. The third-order valence-corrected chi connectivity index (χ3v) is 6.21. The molecule has 3 aromatic rings. The quantitative estimate of drug-likeness (QED) is 0.456. The second-order valence-corrected chi connectivity index (χ2v) is 9.71. The molecule has 2 aromatic carbocycles. The first kappa shape index (κ1) is 25.2. The molecule has 1 aliphatic carbocycles. The fourth-order valence-corrected chi connectivity index (χ4v) is 4.56. The Kier molecular flexibility index (Phi) is 7.24. The van der Waals surface area contributed by atoms with Gasteiger partial charge in [0.1, 0.15) is 17.3 Å². The van der Waals surface area contributed by atoms with Gasteiger partial charge in [0.05, 0.1) is 25.9 Å². The molecule has 2 N–H and O–H groups in total. The molecule has 0 spiro atoms. The predicted octanol–water partition coefficient (Wildman–Crippen LogP) is 5.07. The third kappa shape index (κ3) is 5.64. The standard InChI is InChI=1S/C28H32N2O6/c1-17-12-19-21(14-28(2,3)15-25(19)36-17)30-27(32)18-10-11-23(24(13-18)34-5)35-16-26(31)29-20-8-6-7-9-22(20)33-4/h6-13,21H,14-16H2,1-5H3,(H,29,31)(H,30,32). The van der Waals surface area contributed by atoms with Gasteiger partial charge in [-0.1, -0.05) is 26.0 Å². The van der Waals surface area contributed by atoms with Crippen LogP contribution in [0.4, 0.5) is 5.69 Å². The van der Waals surface area contributed by atoms with Crippen molar-refractivity contribution in [3.05, 3.63) is 71.2 Å². The number of ether oxygens (including phenoxy) is 3. The molecule has 1 unspecified atom stereocenters. The maximum atomic E-state index is 13.1. The molecule has 0 saturated carbocycles. The zero-order valence-corrected chi connectivity index (χ0v) is 21.3. The van der Waals surface area contributed by atoms with E-state index in [1.54, 1.807) is 36.4 Å². The summed E-state index contributed by atoms with van der Waals surface area (Å²) in [4.78, 5) is 25.5. The van der Waals surface area contributed by atoms with Gasteiger partial charge in [0.15, 0.2) is 18.1 Å². The molecule has 0 saturated heterocycles. The first-order valence-electron chi connectivity index (χ1n) is 11.8. The van der Waals surface area contributed by atoms with Crippen molar-refractivity contribution in [3.63, 3.8) is 0 Å². The predicted molar refractivity (Wildman–Crippen MR) is 136 cm³/mol. The van der Waals surface area contributed by atoms with Crippen LogP contribution in [0, 0.1) is 12.3 Å². The number of benzene rings is 2. The number of hydrogen-bond acceptors (Lipinski definition) is 6. The summed E-state index contributed by atoms with van der Waals surface area (Å²) in [6.07, 6.45) is 1.65. The van der Waals surface area contributed by atoms with Crippen LogP contribution >= 0.6 is 0 Å². The molecule has 2 amide bonds. The van der Waals surface area contributed by atoms with Crippen molar-refractivity contribution in [2.45, 2.75) is 39.7 Å². The van der Waals surface area contributed by atoms with E-state index in [-0.39, 0.29) is 29.9 Å². The minimum atomic E-state index is -0.352. The summed E-state index contributed by atoms with van der Waals surface area (Å²) in [7, 11) is 3.03. The summed E-state index contributed by atoms with van der Waals surface area (Å²) >= 11 is 0. The molecule has 1 heterocycles. The lowest BCUT2D eigenvalue weighted by Gasteiger charge is -2.34. The van der Waals surface area contributed by atoms with Crippen LogP contribution in [-0.2, 0) is 11.2 Å². The second kappa shape index (κ2) is 10.4. The molecule has 0 fully saturated rings. The van der Waals surface area contributed by atoms with Crippen molar-refractivity contribution in [1.82, 2.24) is 5.32 Å². The molecule has 0 bridgehead atoms. The molecule has 4 rings (SSSR count). The molecule has 1 atom stereocenters. The largest absolute Gasteiger partial charge is 0.495 e. The van der Waals surface area contributed by atoms with Gasteiger partial charge in [-0.05, 0) is 55.2 Å². The minimum Gasteiger partial charge on any atom is -0.495 e. The number of nitrogens with one attached hydrogen (secondary N) is 2. The van der Waals surface area contributed by atoms with Gasteiger partial charge in [-0.3, -0.25) is 9.59 Å². The van der Waals surface area contributed by atoms with Gasteiger partial charge in [-0.15, -0.1) is 0 Å². The molecule has 36 heavy (non-hydrogen) atoms. The van der Waals surface area contributed by atoms with Crippen LogP contribution in [0.25, 0.3) is 0 Å². The summed E-state index contributed by atoms with van der Waals surface area (Å²) < 4.78 is 22.2. The van der Waals surface area contributed by atoms with Crippen LogP contribution in [0.2, 0.25) is 0 Å². The van der Waals surface area contributed by atoms with Crippen molar-refractivity contribution in [2.75, 3.05) is 26.1 Å². The monoisotopic (exact) mass is 492 g/mol. The van der Waals surface area contributed by atoms with E-state index in [9.17, 15) is 9.59 Å². The Labute approximate surface area is 210 Å². The normalized spacial score (nSPS) is 16.0. The minimum absolute atomic E-state index is 0.00890. The van der Waals surface area contributed by atoms with E-state index < -0.39 is 0 Å². The maximum Gasteiger partial charge on any atom is 0.262 e. The number of fused-ring (bicyclic) bond motifs is 1. The van der Waals surface area contributed by atoms with Crippen molar-refractivity contribution in [1.29, 1.82) is 0 Å². The van der Waals surface area contributed by atoms with E-state index in [4.69, 9.17) is 18.6 Å². The number of anilines is 1. The van der Waals surface area contributed by atoms with Crippen molar-refractivity contribution >= 4 is 17.5 Å². The highest BCUT2D eigenvalue weighted by atomic mass is 16.5. The Hall–Kier alpha value is -3.94. The number of carbonyl (C=O) groups is 2. The SMILES string of the molecule is COc1ccccc1NC(=O)COc1ccc(C(=O)NC2CC(C)(C)Cc3oc(C)cc32)cc1OC. The number of carbonyl (C=O) groups excluding carboxylic acids is 2. The van der Waals surface area contributed by atoms with Crippen molar-refractivity contribution in [2.24, 2.45) is 5.41 Å². The van der Waals surface area contributed by atoms with E-state index in [1.165, 1.54) is 14.2 Å². The van der Waals surface area contributed by atoms with Crippen LogP contribution in [0.1, 0.15) is 53.8 Å². The van der Waals surface area contributed by atoms with Gasteiger partial charge in [0.25, 0.3) is 11.8 Å². The molecule has 0 aliphatic heterocycles. The number of para-hydroxylation sites is 2. The summed E-state index contributed by atoms with van der Waals surface area (Å²) in [5.74, 6) is 2.47. The van der Waals surface area contributed by atoms with Crippen LogP contribution in [-0.4, -0.2) is 32.6 Å². The highest BCUT2D eigenvalue weighted by Crippen LogP contribution is 2.42. The lowest BCUT2D eigenvalue weighted by atomic mass is 9.74. The van der Waals surface area contributed by atoms with E-state index in [0.717, 1.165) is 29.9 Å². The Balaban J connectivity index is 1.42. The number of aryl methyl sites for hydroxylation is 1.